The van der Waals surface area contributed by atoms with Crippen molar-refractivity contribution in [3.8, 4) is 0 Å². The van der Waals surface area contributed by atoms with Gasteiger partial charge in [0.25, 0.3) is 0 Å². The van der Waals surface area contributed by atoms with Gasteiger partial charge in [0, 0.05) is 32.8 Å². The molecule has 17 heavy (non-hydrogen) atoms. The lowest BCUT2D eigenvalue weighted by molar-refractivity contribution is -0.209. The predicted octanol–water partition coefficient (Wildman–Crippen LogP) is 2.95. The van der Waals surface area contributed by atoms with Crippen LogP contribution in [0.5, 0.6) is 0 Å². The van der Waals surface area contributed by atoms with E-state index in [-0.39, 0.29) is 6.42 Å². The summed E-state index contributed by atoms with van der Waals surface area (Å²) in [6.45, 7) is 8.84. The zero-order chi connectivity index (χ0) is 14.8. The summed E-state index contributed by atoms with van der Waals surface area (Å²) in [4.78, 5) is 0. The molecule has 0 aliphatic heterocycles. The molecular weight excluding hydrogens is 220 g/mol. The summed E-state index contributed by atoms with van der Waals surface area (Å²) in [6, 6.07) is 0. The van der Waals surface area contributed by atoms with Gasteiger partial charge in [-0.3, -0.25) is 0 Å². The fraction of sp³-hybridized carbons (Fsp3) is 1.00. The Morgan fingerprint density at radius 1 is 0.824 bits per heavy atom. The molecule has 1 atom stereocenters. The van der Waals surface area contributed by atoms with Crippen LogP contribution in [0.15, 0.2) is 0 Å². The molecule has 0 aromatic carbocycles. The fourth-order valence-corrected chi connectivity index (χ4v) is 1.22. The third-order valence-corrected chi connectivity index (χ3v) is 1.97. The van der Waals surface area contributed by atoms with Gasteiger partial charge in [0.05, 0.1) is 2.74 Å². The van der Waals surface area contributed by atoms with Crippen LogP contribution in [0.2, 0.25) is 0 Å². The summed E-state index contributed by atoms with van der Waals surface area (Å²) in [7, 11) is 0. The summed E-state index contributed by atoms with van der Waals surface area (Å²) in [5, 5.41) is 0. The molecule has 0 amide bonds. The Hall–Kier alpha value is -0.160. The van der Waals surface area contributed by atoms with Crippen molar-refractivity contribution in [2.75, 3.05) is 26.4 Å². The maximum absolute atomic E-state index is 8.19. The van der Waals surface area contributed by atoms with E-state index in [0.717, 1.165) is 12.8 Å². The van der Waals surface area contributed by atoms with Crippen molar-refractivity contribution in [1.29, 1.82) is 0 Å². The van der Waals surface area contributed by atoms with E-state index in [1.165, 1.54) is 0 Å². The van der Waals surface area contributed by atoms with E-state index in [1.54, 1.807) is 20.8 Å². The van der Waals surface area contributed by atoms with Gasteiger partial charge in [-0.15, -0.1) is 0 Å². The van der Waals surface area contributed by atoms with E-state index in [9.17, 15) is 0 Å². The maximum atomic E-state index is 8.19. The quantitative estimate of drug-likeness (QED) is 0.394. The lowest BCUT2D eigenvalue weighted by Gasteiger charge is -2.23. The fourth-order valence-electron chi connectivity index (χ4n) is 1.22. The van der Waals surface area contributed by atoms with Gasteiger partial charge in [0.15, 0.2) is 12.5 Å². The molecule has 0 aliphatic rings. The van der Waals surface area contributed by atoms with E-state index in [0.29, 0.717) is 26.4 Å². The van der Waals surface area contributed by atoms with Crippen LogP contribution in [0.4, 0.5) is 0 Å². The van der Waals surface area contributed by atoms with Crippen LogP contribution >= 0.6 is 0 Å². The molecule has 0 spiro atoms. The highest BCUT2D eigenvalue weighted by Crippen LogP contribution is 2.10. The van der Waals surface area contributed by atoms with Crippen LogP contribution in [-0.4, -0.2) is 39.0 Å². The van der Waals surface area contributed by atoms with Gasteiger partial charge in [0.1, 0.15) is 0 Å². The largest absolute Gasteiger partial charge is 0.353 e. The predicted molar refractivity (Wildman–Crippen MR) is 67.9 cm³/mol. The van der Waals surface area contributed by atoms with E-state index in [1.807, 2.05) is 6.92 Å². The first kappa shape index (κ1) is 13.3. The van der Waals surface area contributed by atoms with Crippen LogP contribution in [0, 0.1) is 0 Å². The van der Waals surface area contributed by atoms with E-state index < -0.39 is 12.5 Å². The molecule has 0 saturated carbocycles. The summed E-state index contributed by atoms with van der Waals surface area (Å²) in [5.41, 5.74) is 0. The molecule has 0 aromatic heterocycles. The van der Waals surface area contributed by atoms with Gasteiger partial charge in [-0.1, -0.05) is 13.3 Å². The van der Waals surface area contributed by atoms with Crippen LogP contribution in [-0.2, 0) is 18.9 Å². The van der Waals surface area contributed by atoms with E-state index >= 15 is 0 Å². The van der Waals surface area contributed by atoms with E-state index in [4.69, 9.17) is 21.7 Å². The standard InChI is InChI=1S/C13H28O4/c1-5-9-10-17-13(16-8-4)11-12(14-6-2)15-7-3/h12-13H,5-11H2,1-4H3/i12D,13D. The van der Waals surface area contributed by atoms with E-state index in [2.05, 4.69) is 0 Å². The molecule has 4 nitrogen and oxygen atoms in total. The van der Waals surface area contributed by atoms with Crippen molar-refractivity contribution in [2.45, 2.75) is 59.5 Å². The van der Waals surface area contributed by atoms with Gasteiger partial charge in [-0.25, -0.2) is 0 Å². The molecule has 0 rings (SSSR count). The first-order valence-corrected chi connectivity index (χ1v) is 6.51. The van der Waals surface area contributed by atoms with Gasteiger partial charge < -0.3 is 18.9 Å². The molecule has 1 unspecified atom stereocenters. The molecule has 0 aromatic rings. The van der Waals surface area contributed by atoms with Crippen LogP contribution in [0.1, 0.15) is 49.7 Å². The zero-order valence-electron chi connectivity index (χ0n) is 13.6. The number of ether oxygens (including phenoxy) is 4. The minimum Gasteiger partial charge on any atom is -0.353 e. The zero-order valence-corrected chi connectivity index (χ0v) is 11.6. The first-order valence-electron chi connectivity index (χ1n) is 7.51. The second-order valence-corrected chi connectivity index (χ2v) is 3.42. The Labute approximate surface area is 108 Å². The topological polar surface area (TPSA) is 36.9 Å². The van der Waals surface area contributed by atoms with Crippen LogP contribution in [0.25, 0.3) is 0 Å². The molecule has 0 saturated heterocycles. The molecule has 4 heteroatoms. The van der Waals surface area contributed by atoms with Crippen LogP contribution < -0.4 is 0 Å². The molecule has 0 bridgehead atoms. The third kappa shape index (κ3) is 9.53. The second kappa shape index (κ2) is 12.3. The maximum Gasteiger partial charge on any atom is 0.162 e. The Kier molecular flexibility index (Phi) is 9.61. The highest BCUT2D eigenvalue weighted by Gasteiger charge is 2.17. The molecule has 0 N–H and O–H groups in total. The van der Waals surface area contributed by atoms with Gasteiger partial charge >= 0.3 is 0 Å². The Morgan fingerprint density at radius 3 is 1.71 bits per heavy atom. The van der Waals surface area contributed by atoms with Gasteiger partial charge in [0.2, 0.25) is 0 Å². The Bertz CT molecular complexity index is 223. The summed E-state index contributed by atoms with van der Waals surface area (Å²) < 4.78 is 37.7. The number of hydrogen-bond donors (Lipinski definition) is 0. The van der Waals surface area contributed by atoms with Crippen LogP contribution in [0.3, 0.4) is 0 Å². The number of unbranched alkanes of at least 4 members (excludes halogenated alkanes) is 1. The molecule has 104 valence electrons. The van der Waals surface area contributed by atoms with Crippen molar-refractivity contribution in [2.24, 2.45) is 0 Å². The third-order valence-electron chi connectivity index (χ3n) is 1.97. The summed E-state index contributed by atoms with van der Waals surface area (Å²) >= 11 is 0. The normalized spacial score (nSPS) is 17.4. The monoisotopic (exact) mass is 250 g/mol. The van der Waals surface area contributed by atoms with Crippen molar-refractivity contribution in [3.05, 3.63) is 0 Å². The summed E-state index contributed by atoms with van der Waals surface area (Å²) in [6.07, 6.45) is -1.49. The minimum absolute atomic E-state index is 0.112. The minimum atomic E-state index is -1.60. The Morgan fingerprint density at radius 2 is 1.29 bits per heavy atom. The number of rotatable bonds is 12. The lowest BCUT2D eigenvalue weighted by Crippen LogP contribution is -2.28. The SMILES string of the molecule is [2H]C(CC([2H])(OCC)OCCCC)(OCC)OCC. The lowest BCUT2D eigenvalue weighted by atomic mass is 10.3. The molecule has 0 fully saturated rings. The molecule has 0 heterocycles. The average molecular weight is 250 g/mol. The van der Waals surface area contributed by atoms with Gasteiger partial charge in [-0.2, -0.15) is 0 Å². The average Bonchev–Trinajstić information content (AvgIpc) is 2.29. The highest BCUT2D eigenvalue weighted by molar-refractivity contribution is 4.52. The highest BCUT2D eigenvalue weighted by atomic mass is 16.7. The van der Waals surface area contributed by atoms with Crippen molar-refractivity contribution in [1.82, 2.24) is 0 Å². The summed E-state index contributed by atoms with van der Waals surface area (Å²) in [5.74, 6) is 0. The van der Waals surface area contributed by atoms with Crippen molar-refractivity contribution in [3.63, 3.8) is 0 Å². The Balaban J connectivity index is 4.64. The van der Waals surface area contributed by atoms with Crippen molar-refractivity contribution < 1.29 is 21.7 Å². The molecular formula is C13H28O4. The molecule has 0 aliphatic carbocycles. The smallest absolute Gasteiger partial charge is 0.162 e. The second-order valence-electron chi connectivity index (χ2n) is 3.42. The number of hydrogen-bond acceptors (Lipinski definition) is 4. The van der Waals surface area contributed by atoms with Gasteiger partial charge in [-0.05, 0) is 27.2 Å². The first-order chi connectivity index (χ1) is 8.95. The van der Waals surface area contributed by atoms with Crippen molar-refractivity contribution >= 4 is 0 Å². The molecule has 0 radical (unpaired) electrons.